The molecule has 0 aliphatic rings. The third kappa shape index (κ3) is 2.70. The average molecular weight is 164 g/mol. The number of primary amides is 1. The summed E-state index contributed by atoms with van der Waals surface area (Å²) in [5.74, 6) is -0.280. The van der Waals surface area contributed by atoms with Gasteiger partial charge in [0.2, 0.25) is 5.91 Å². The lowest BCUT2D eigenvalue weighted by molar-refractivity contribution is -0.118. The van der Waals surface area contributed by atoms with Gasteiger partial charge in [0.25, 0.3) is 0 Å². The van der Waals surface area contributed by atoms with Crippen molar-refractivity contribution in [2.45, 2.75) is 19.8 Å². The van der Waals surface area contributed by atoms with Gasteiger partial charge in [-0.25, -0.2) is 0 Å². The summed E-state index contributed by atoms with van der Waals surface area (Å²) in [6.07, 6.45) is 2.79. The van der Waals surface area contributed by atoms with Gasteiger partial charge in [-0.1, -0.05) is 6.07 Å². The molecule has 1 amide bonds. The first-order valence-corrected chi connectivity index (χ1v) is 3.88. The van der Waals surface area contributed by atoms with Gasteiger partial charge in [0.05, 0.1) is 0 Å². The van der Waals surface area contributed by atoms with E-state index in [0.29, 0.717) is 12.8 Å². The van der Waals surface area contributed by atoms with Gasteiger partial charge < -0.3 is 5.73 Å². The van der Waals surface area contributed by atoms with Crippen LogP contribution in [-0.4, -0.2) is 10.9 Å². The number of carbonyl (C=O) groups is 1. The van der Waals surface area contributed by atoms with E-state index in [4.69, 9.17) is 5.73 Å². The molecular formula is C9H12N2O. The van der Waals surface area contributed by atoms with Gasteiger partial charge in [0.15, 0.2) is 0 Å². The number of pyridine rings is 1. The molecule has 0 aliphatic carbocycles. The highest BCUT2D eigenvalue weighted by Crippen LogP contribution is 2.00. The van der Waals surface area contributed by atoms with Gasteiger partial charge in [-0.3, -0.25) is 9.78 Å². The molecule has 0 aromatic carbocycles. The Balaban J connectivity index is 2.53. The van der Waals surface area contributed by atoms with Crippen LogP contribution in [0.4, 0.5) is 0 Å². The molecule has 0 saturated carbocycles. The molecule has 0 radical (unpaired) electrons. The van der Waals surface area contributed by atoms with Gasteiger partial charge in [0, 0.05) is 18.3 Å². The van der Waals surface area contributed by atoms with E-state index >= 15 is 0 Å². The van der Waals surface area contributed by atoms with Gasteiger partial charge in [0.1, 0.15) is 0 Å². The van der Waals surface area contributed by atoms with Crippen molar-refractivity contribution in [3.8, 4) is 0 Å². The zero-order valence-corrected chi connectivity index (χ0v) is 7.08. The maximum Gasteiger partial charge on any atom is 0.217 e. The molecule has 1 heterocycles. The monoisotopic (exact) mass is 164 g/mol. The van der Waals surface area contributed by atoms with Gasteiger partial charge in [-0.15, -0.1) is 0 Å². The van der Waals surface area contributed by atoms with Crippen LogP contribution in [0.5, 0.6) is 0 Å². The topological polar surface area (TPSA) is 56.0 Å². The highest BCUT2D eigenvalue weighted by atomic mass is 16.1. The van der Waals surface area contributed by atoms with Crippen LogP contribution in [-0.2, 0) is 11.2 Å². The first-order valence-electron chi connectivity index (χ1n) is 3.88. The predicted octanol–water partition coefficient (Wildman–Crippen LogP) is 0.808. The molecule has 0 aliphatic heterocycles. The Bertz CT molecular complexity index is 266. The summed E-state index contributed by atoms with van der Waals surface area (Å²) in [4.78, 5) is 14.6. The molecule has 0 saturated heterocycles. The van der Waals surface area contributed by atoms with Crippen LogP contribution in [0.25, 0.3) is 0 Å². The summed E-state index contributed by atoms with van der Waals surface area (Å²) in [5.41, 5.74) is 7.04. The lowest BCUT2D eigenvalue weighted by Crippen LogP contribution is -2.11. The number of aryl methyl sites for hydroxylation is 2. The number of rotatable bonds is 3. The van der Waals surface area contributed by atoms with Crippen LogP contribution >= 0.6 is 0 Å². The SMILES string of the molecule is Cc1ccc(CCC(N)=O)nc1. The number of hydrogen-bond acceptors (Lipinski definition) is 2. The molecule has 0 atom stereocenters. The molecule has 3 nitrogen and oxygen atoms in total. The van der Waals surface area contributed by atoms with E-state index in [1.807, 2.05) is 19.1 Å². The van der Waals surface area contributed by atoms with Crippen LogP contribution in [0, 0.1) is 6.92 Å². The number of aromatic nitrogens is 1. The molecule has 0 spiro atoms. The second-order valence-corrected chi connectivity index (χ2v) is 2.79. The minimum absolute atomic E-state index is 0.280. The van der Waals surface area contributed by atoms with Crippen molar-refractivity contribution < 1.29 is 4.79 Å². The molecule has 1 aromatic rings. The summed E-state index contributed by atoms with van der Waals surface area (Å²) in [5, 5.41) is 0. The molecular weight excluding hydrogens is 152 g/mol. The second kappa shape index (κ2) is 3.85. The van der Waals surface area contributed by atoms with Crippen LogP contribution in [0.1, 0.15) is 17.7 Å². The Kier molecular flexibility index (Phi) is 2.80. The van der Waals surface area contributed by atoms with Gasteiger partial charge in [-0.2, -0.15) is 0 Å². The third-order valence-corrected chi connectivity index (χ3v) is 1.60. The lowest BCUT2D eigenvalue weighted by atomic mass is 10.2. The summed E-state index contributed by atoms with van der Waals surface area (Å²) in [6, 6.07) is 3.89. The Morgan fingerprint density at radius 3 is 2.83 bits per heavy atom. The molecule has 0 fully saturated rings. The van der Waals surface area contributed by atoms with Crippen LogP contribution in [0.3, 0.4) is 0 Å². The second-order valence-electron chi connectivity index (χ2n) is 2.79. The Morgan fingerprint density at radius 2 is 2.33 bits per heavy atom. The van der Waals surface area contributed by atoms with Crippen molar-refractivity contribution in [1.29, 1.82) is 0 Å². The molecule has 0 bridgehead atoms. The first-order chi connectivity index (χ1) is 5.68. The van der Waals surface area contributed by atoms with Crippen molar-refractivity contribution in [2.24, 2.45) is 5.73 Å². The minimum Gasteiger partial charge on any atom is -0.370 e. The average Bonchev–Trinajstić information content (AvgIpc) is 2.03. The number of carbonyl (C=O) groups excluding carboxylic acids is 1. The van der Waals surface area contributed by atoms with Crippen molar-refractivity contribution in [1.82, 2.24) is 4.98 Å². The van der Waals surface area contributed by atoms with Crippen LogP contribution < -0.4 is 5.73 Å². The van der Waals surface area contributed by atoms with Crippen molar-refractivity contribution in [2.75, 3.05) is 0 Å². The standard InChI is InChI=1S/C9H12N2O/c1-7-2-3-8(11-6-7)4-5-9(10)12/h2-3,6H,4-5H2,1H3,(H2,10,12). The van der Waals surface area contributed by atoms with Gasteiger partial charge in [-0.05, 0) is 25.0 Å². The van der Waals surface area contributed by atoms with E-state index in [1.165, 1.54) is 0 Å². The Hall–Kier alpha value is -1.38. The quantitative estimate of drug-likeness (QED) is 0.718. The Morgan fingerprint density at radius 1 is 1.58 bits per heavy atom. The Labute approximate surface area is 71.6 Å². The normalized spacial score (nSPS) is 9.75. The minimum atomic E-state index is -0.280. The largest absolute Gasteiger partial charge is 0.370 e. The molecule has 2 N–H and O–H groups in total. The molecule has 3 heteroatoms. The summed E-state index contributed by atoms with van der Waals surface area (Å²) < 4.78 is 0. The summed E-state index contributed by atoms with van der Waals surface area (Å²) >= 11 is 0. The molecule has 1 rings (SSSR count). The zero-order chi connectivity index (χ0) is 8.97. The number of nitrogens with two attached hydrogens (primary N) is 1. The molecule has 64 valence electrons. The zero-order valence-electron chi connectivity index (χ0n) is 7.08. The molecule has 1 aromatic heterocycles. The maximum absolute atomic E-state index is 10.4. The van der Waals surface area contributed by atoms with Crippen molar-refractivity contribution in [3.63, 3.8) is 0 Å². The number of amides is 1. The highest BCUT2D eigenvalue weighted by Gasteiger charge is 1.97. The van der Waals surface area contributed by atoms with Crippen LogP contribution in [0.2, 0.25) is 0 Å². The van der Waals surface area contributed by atoms with E-state index in [9.17, 15) is 4.79 Å². The highest BCUT2D eigenvalue weighted by molar-refractivity contribution is 5.73. The maximum atomic E-state index is 10.4. The number of hydrogen-bond donors (Lipinski definition) is 1. The molecule has 0 unspecified atom stereocenters. The summed E-state index contributed by atoms with van der Waals surface area (Å²) in [6.45, 7) is 1.98. The van der Waals surface area contributed by atoms with E-state index < -0.39 is 0 Å². The van der Waals surface area contributed by atoms with Crippen molar-refractivity contribution in [3.05, 3.63) is 29.6 Å². The predicted molar refractivity (Wildman–Crippen MR) is 46.5 cm³/mol. The fraction of sp³-hybridized carbons (Fsp3) is 0.333. The van der Waals surface area contributed by atoms with Crippen LogP contribution in [0.15, 0.2) is 18.3 Å². The van der Waals surface area contributed by atoms with E-state index in [0.717, 1.165) is 11.3 Å². The van der Waals surface area contributed by atoms with E-state index in [2.05, 4.69) is 4.98 Å². The van der Waals surface area contributed by atoms with Crippen molar-refractivity contribution >= 4 is 5.91 Å². The molecule has 12 heavy (non-hydrogen) atoms. The lowest BCUT2D eigenvalue weighted by Gasteiger charge is -1.97. The van der Waals surface area contributed by atoms with E-state index in [1.54, 1.807) is 6.20 Å². The summed E-state index contributed by atoms with van der Waals surface area (Å²) in [7, 11) is 0. The fourth-order valence-electron chi connectivity index (χ4n) is 0.898. The fourth-order valence-corrected chi connectivity index (χ4v) is 0.898. The van der Waals surface area contributed by atoms with Gasteiger partial charge >= 0.3 is 0 Å². The number of nitrogens with zero attached hydrogens (tertiary/aromatic N) is 1. The first kappa shape index (κ1) is 8.71. The smallest absolute Gasteiger partial charge is 0.217 e. The third-order valence-electron chi connectivity index (χ3n) is 1.60. The van der Waals surface area contributed by atoms with E-state index in [-0.39, 0.29) is 5.91 Å².